The molecule has 0 unspecified atom stereocenters. The predicted octanol–water partition coefficient (Wildman–Crippen LogP) is 0.556. The van der Waals surface area contributed by atoms with Gasteiger partial charge in [0.2, 0.25) is 41.4 Å². The van der Waals surface area contributed by atoms with E-state index in [1.54, 1.807) is 74.5 Å². The van der Waals surface area contributed by atoms with Gasteiger partial charge in [0.15, 0.2) is 0 Å². The lowest BCUT2D eigenvalue weighted by molar-refractivity contribution is -0.143. The molecule has 4 rings (SSSR count). The number of amides is 7. The number of unbranched alkanes of at least 4 members (excludes halogenated alkanes) is 1. The second-order valence-corrected chi connectivity index (χ2v) is 19.0. The van der Waals surface area contributed by atoms with Crippen molar-refractivity contribution in [1.29, 1.82) is 0 Å². The van der Waals surface area contributed by atoms with Gasteiger partial charge in [-0.15, -0.1) is 0 Å². The number of hydrogen-bond donors (Lipinski definition) is 11. The van der Waals surface area contributed by atoms with Crippen LogP contribution in [0.15, 0.2) is 84.9 Å². The zero-order valence-electron chi connectivity index (χ0n) is 37.6. The second kappa shape index (κ2) is 26.9. The summed E-state index contributed by atoms with van der Waals surface area (Å²) in [6.45, 7) is 4.90. The number of aromatic hydroxyl groups is 1. The average molecular weight is 964 g/mol. The fourth-order valence-electron chi connectivity index (χ4n) is 6.83. The van der Waals surface area contributed by atoms with Crippen LogP contribution in [0.25, 0.3) is 0 Å². The number of carboxylic acid groups (broad SMARTS) is 1. The maximum atomic E-state index is 14.5. The van der Waals surface area contributed by atoms with Crippen molar-refractivity contribution in [3.63, 3.8) is 0 Å². The molecule has 67 heavy (non-hydrogen) atoms. The molecule has 8 atom stereocenters. The lowest BCUT2D eigenvalue weighted by atomic mass is 10.0. The summed E-state index contributed by atoms with van der Waals surface area (Å²) >= 11 is 0. The number of nitrogens with one attached hydrogen (secondary N) is 7. The summed E-state index contributed by atoms with van der Waals surface area (Å²) in [5, 5.41) is 38.7. The summed E-state index contributed by atoms with van der Waals surface area (Å²) in [4.78, 5) is 111. The lowest BCUT2D eigenvalue weighted by Gasteiger charge is -2.29. The van der Waals surface area contributed by atoms with E-state index in [4.69, 9.17) is 11.5 Å². The van der Waals surface area contributed by atoms with Crippen molar-refractivity contribution in [3.8, 4) is 5.75 Å². The summed E-state index contributed by atoms with van der Waals surface area (Å²) in [7, 11) is 2.06. The first-order valence-electron chi connectivity index (χ1n) is 21.9. The molecular formula is C46H61N9O10S2. The SMILES string of the molecule is CC(C)[C@H](NC(=O)[C@@H]1CSSC[C@H](NC(=O)[C@H](C)N)C(=O)N[C@@H](Cc2ccccc2)C(=O)N[C@@H](c2ccccc2)C(=O)N[C@@H](CCCCN)C(=O)N[C@@H](Cc2ccc(O)cc2)C(=O)N1)C(=O)O. The third kappa shape index (κ3) is 17.2. The van der Waals surface area contributed by atoms with Crippen LogP contribution in [0.3, 0.4) is 0 Å². The molecule has 13 N–H and O–H groups in total. The number of phenols is 1. The van der Waals surface area contributed by atoms with Crippen molar-refractivity contribution in [2.45, 2.75) is 101 Å². The van der Waals surface area contributed by atoms with Crippen LogP contribution in [0.4, 0.5) is 0 Å². The van der Waals surface area contributed by atoms with Gasteiger partial charge in [-0.25, -0.2) is 4.79 Å². The van der Waals surface area contributed by atoms with Crippen molar-refractivity contribution >= 4 is 68.9 Å². The number of hydrogen-bond acceptors (Lipinski definition) is 13. The maximum absolute atomic E-state index is 14.5. The van der Waals surface area contributed by atoms with E-state index in [0.717, 1.165) is 21.6 Å². The Morgan fingerprint density at radius 3 is 1.81 bits per heavy atom. The minimum absolute atomic E-state index is 0.0336. The van der Waals surface area contributed by atoms with Gasteiger partial charge in [-0.2, -0.15) is 0 Å². The van der Waals surface area contributed by atoms with E-state index >= 15 is 0 Å². The quantitative estimate of drug-likeness (QED) is 0.0733. The van der Waals surface area contributed by atoms with Crippen LogP contribution >= 0.6 is 21.6 Å². The highest BCUT2D eigenvalue weighted by molar-refractivity contribution is 8.76. The molecule has 0 bridgehead atoms. The van der Waals surface area contributed by atoms with Gasteiger partial charge in [0, 0.05) is 24.3 Å². The van der Waals surface area contributed by atoms with Crippen LogP contribution in [0.1, 0.15) is 62.8 Å². The van der Waals surface area contributed by atoms with Crippen molar-refractivity contribution < 1.29 is 48.6 Å². The second-order valence-electron chi connectivity index (χ2n) is 16.4. The Morgan fingerprint density at radius 2 is 1.22 bits per heavy atom. The fourth-order valence-corrected chi connectivity index (χ4v) is 9.15. The lowest BCUT2D eigenvalue weighted by Crippen LogP contribution is -2.60. The molecule has 1 aliphatic heterocycles. The average Bonchev–Trinajstić information content (AvgIpc) is 3.30. The zero-order chi connectivity index (χ0) is 49.0. The Morgan fingerprint density at radius 1 is 0.687 bits per heavy atom. The molecule has 1 heterocycles. The van der Waals surface area contributed by atoms with Gasteiger partial charge in [-0.1, -0.05) is 108 Å². The van der Waals surface area contributed by atoms with Crippen LogP contribution in [0, 0.1) is 5.92 Å². The van der Waals surface area contributed by atoms with Gasteiger partial charge in [0.25, 0.3) is 0 Å². The van der Waals surface area contributed by atoms with Crippen molar-refractivity contribution in [3.05, 3.63) is 102 Å². The first-order chi connectivity index (χ1) is 32.0. The molecule has 21 heteroatoms. The Bertz CT molecular complexity index is 2150. The molecule has 19 nitrogen and oxygen atoms in total. The van der Waals surface area contributed by atoms with Gasteiger partial charge in [0.05, 0.1) is 6.04 Å². The molecule has 1 fully saturated rings. The smallest absolute Gasteiger partial charge is 0.326 e. The van der Waals surface area contributed by atoms with Gasteiger partial charge >= 0.3 is 5.97 Å². The van der Waals surface area contributed by atoms with Crippen LogP contribution in [-0.2, 0) is 51.2 Å². The van der Waals surface area contributed by atoms with E-state index in [2.05, 4.69) is 37.2 Å². The summed E-state index contributed by atoms with van der Waals surface area (Å²) in [6, 6.07) is 12.5. The molecule has 1 saturated heterocycles. The fraction of sp³-hybridized carbons (Fsp3) is 0.435. The standard InChI is InChI=1S/C46H61N9O10S2/c1-26(2)37(46(64)65)54-44(62)36-25-67-66-24-35(52-39(57)27(3)48)43(61)51-34(22-28-12-6-4-7-13-28)42(60)55-38(30-14-8-5-9-15-30)45(63)49-32(16-10-11-21-47)40(58)50-33(41(59)53-36)23-29-17-19-31(56)20-18-29/h4-9,12-15,17-20,26-27,32-38,56H,10-11,16,21-25,47-48H2,1-3H3,(H,49,63)(H,50,58)(H,51,61)(H,52,57)(H,53,59)(H,54,62)(H,55,60)(H,64,65)/t27-,32-,33-,34-,35-,36-,37-,38-/m0/s1. The minimum Gasteiger partial charge on any atom is -0.508 e. The van der Waals surface area contributed by atoms with E-state index in [1.165, 1.54) is 31.2 Å². The summed E-state index contributed by atoms with van der Waals surface area (Å²) in [5.74, 6) is -7.73. The van der Waals surface area contributed by atoms with Gasteiger partial charge in [-0.3, -0.25) is 33.6 Å². The summed E-state index contributed by atoms with van der Waals surface area (Å²) < 4.78 is 0. The highest BCUT2D eigenvalue weighted by atomic mass is 33.1. The summed E-state index contributed by atoms with van der Waals surface area (Å²) in [6.07, 6.45) is 0.721. The molecule has 3 aromatic rings. The Labute approximate surface area is 397 Å². The Hall–Kier alpha value is -6.16. The number of phenolic OH excluding ortho intramolecular Hbond substituents is 1. The van der Waals surface area contributed by atoms with E-state index in [1.807, 2.05) is 0 Å². The van der Waals surface area contributed by atoms with Gasteiger partial charge in [0.1, 0.15) is 48.0 Å². The van der Waals surface area contributed by atoms with Gasteiger partial charge in [-0.05, 0) is 67.5 Å². The largest absolute Gasteiger partial charge is 0.508 e. The molecule has 362 valence electrons. The summed E-state index contributed by atoms with van der Waals surface area (Å²) in [5.41, 5.74) is 13.2. The highest BCUT2D eigenvalue weighted by Crippen LogP contribution is 2.24. The number of benzene rings is 3. The number of carboxylic acids is 1. The molecule has 3 aromatic carbocycles. The number of nitrogens with two attached hydrogens (primary N) is 2. The third-order valence-corrected chi connectivity index (χ3v) is 13.1. The topological polar surface area (TPSA) is 313 Å². The predicted molar refractivity (Wildman–Crippen MR) is 255 cm³/mol. The van der Waals surface area contributed by atoms with E-state index in [-0.39, 0.29) is 43.1 Å². The first kappa shape index (κ1) is 53.5. The molecule has 1 aliphatic rings. The highest BCUT2D eigenvalue weighted by Gasteiger charge is 2.36. The first-order valence-corrected chi connectivity index (χ1v) is 24.4. The Kier molecular flexibility index (Phi) is 21.4. The monoisotopic (exact) mass is 963 g/mol. The van der Waals surface area contributed by atoms with Crippen molar-refractivity contribution in [2.24, 2.45) is 17.4 Å². The third-order valence-electron chi connectivity index (χ3n) is 10.6. The molecule has 0 radical (unpaired) electrons. The molecule has 0 saturated carbocycles. The molecule has 0 spiro atoms. The number of carbonyl (C=O) groups is 8. The molecule has 0 aliphatic carbocycles. The van der Waals surface area contributed by atoms with E-state index in [0.29, 0.717) is 29.5 Å². The number of carbonyl (C=O) groups excluding carboxylic acids is 7. The normalized spacial score (nSPS) is 22.4. The Balaban J connectivity index is 1.84. The molecule has 0 aromatic heterocycles. The van der Waals surface area contributed by atoms with E-state index < -0.39 is 102 Å². The van der Waals surface area contributed by atoms with Crippen LogP contribution < -0.4 is 48.7 Å². The van der Waals surface area contributed by atoms with E-state index in [9.17, 15) is 48.6 Å². The minimum atomic E-state index is -1.41. The molecule has 7 amide bonds. The van der Waals surface area contributed by atoms with Crippen molar-refractivity contribution in [2.75, 3.05) is 18.1 Å². The number of aliphatic carboxylic acids is 1. The maximum Gasteiger partial charge on any atom is 0.326 e. The zero-order valence-corrected chi connectivity index (χ0v) is 39.2. The van der Waals surface area contributed by atoms with Gasteiger partial charge < -0.3 is 58.9 Å². The van der Waals surface area contributed by atoms with Crippen LogP contribution in [0.5, 0.6) is 5.75 Å². The van der Waals surface area contributed by atoms with Crippen LogP contribution in [0.2, 0.25) is 0 Å². The molecular weight excluding hydrogens is 903 g/mol. The van der Waals surface area contributed by atoms with Crippen LogP contribution in [-0.4, -0.2) is 118 Å². The van der Waals surface area contributed by atoms with Crippen molar-refractivity contribution in [1.82, 2.24) is 37.2 Å². The number of rotatable bonds is 15.